The first kappa shape index (κ1) is 9.90. The minimum absolute atomic E-state index is 0.0535. The molecule has 1 aromatic rings. The lowest BCUT2D eigenvalue weighted by molar-refractivity contribution is 0.101. The van der Waals surface area contributed by atoms with E-state index >= 15 is 0 Å². The van der Waals surface area contributed by atoms with Crippen molar-refractivity contribution < 1.29 is 9.53 Å². The van der Waals surface area contributed by atoms with E-state index in [9.17, 15) is 4.79 Å². The molecular formula is C12H13NO2. The van der Waals surface area contributed by atoms with E-state index in [0.29, 0.717) is 6.61 Å². The summed E-state index contributed by atoms with van der Waals surface area (Å²) < 4.78 is 5.16. The second-order valence-corrected chi connectivity index (χ2v) is 3.43. The van der Waals surface area contributed by atoms with Crippen LogP contribution in [-0.2, 0) is 11.2 Å². The van der Waals surface area contributed by atoms with Crippen molar-refractivity contribution in [1.29, 1.82) is 0 Å². The summed E-state index contributed by atoms with van der Waals surface area (Å²) in [6.07, 6.45) is 4.85. The van der Waals surface area contributed by atoms with Crippen LogP contribution in [0.2, 0.25) is 0 Å². The number of aryl methyl sites for hydroxylation is 1. The van der Waals surface area contributed by atoms with E-state index in [1.807, 2.05) is 13.0 Å². The van der Waals surface area contributed by atoms with Gasteiger partial charge in [-0.25, -0.2) is 0 Å². The molecule has 1 aromatic heterocycles. The number of aromatic nitrogens is 1. The molecule has 0 saturated heterocycles. The van der Waals surface area contributed by atoms with Crippen LogP contribution < -0.4 is 0 Å². The van der Waals surface area contributed by atoms with Gasteiger partial charge in [-0.15, -0.1) is 0 Å². The molecule has 1 aliphatic rings. The summed E-state index contributed by atoms with van der Waals surface area (Å²) in [7, 11) is 0. The van der Waals surface area contributed by atoms with E-state index in [4.69, 9.17) is 4.74 Å². The number of carbonyl (C=O) groups is 1. The topological polar surface area (TPSA) is 39.2 Å². The van der Waals surface area contributed by atoms with E-state index in [-0.39, 0.29) is 5.78 Å². The average Bonchev–Trinajstić information content (AvgIpc) is 2.29. The van der Waals surface area contributed by atoms with Gasteiger partial charge in [0, 0.05) is 17.3 Å². The maximum absolute atomic E-state index is 11.9. The molecule has 15 heavy (non-hydrogen) atoms. The maximum atomic E-state index is 11.9. The van der Waals surface area contributed by atoms with Crippen LogP contribution in [0.4, 0.5) is 0 Å². The Bertz CT molecular complexity index is 410. The molecule has 2 rings (SSSR count). The van der Waals surface area contributed by atoms with Gasteiger partial charge in [0.2, 0.25) is 0 Å². The van der Waals surface area contributed by atoms with Crippen molar-refractivity contribution in [3.63, 3.8) is 0 Å². The highest BCUT2D eigenvalue weighted by Gasteiger charge is 2.22. The second-order valence-electron chi connectivity index (χ2n) is 3.43. The van der Waals surface area contributed by atoms with Crippen LogP contribution in [0.15, 0.2) is 30.2 Å². The number of rotatable bonds is 2. The number of ether oxygens (including phenoxy) is 1. The lowest BCUT2D eigenvalue weighted by Gasteiger charge is -2.15. The van der Waals surface area contributed by atoms with Crippen molar-refractivity contribution in [3.8, 4) is 0 Å². The van der Waals surface area contributed by atoms with Gasteiger partial charge in [-0.1, -0.05) is 0 Å². The van der Waals surface area contributed by atoms with E-state index in [1.54, 1.807) is 18.5 Å². The minimum Gasteiger partial charge on any atom is -0.501 e. The van der Waals surface area contributed by atoms with Gasteiger partial charge >= 0.3 is 0 Å². The molecule has 0 fully saturated rings. The van der Waals surface area contributed by atoms with Crippen LogP contribution in [-0.4, -0.2) is 17.4 Å². The molecule has 3 heteroatoms. The van der Waals surface area contributed by atoms with Crippen LogP contribution in [0.1, 0.15) is 29.4 Å². The zero-order valence-electron chi connectivity index (χ0n) is 8.69. The van der Waals surface area contributed by atoms with Crippen molar-refractivity contribution in [1.82, 2.24) is 4.98 Å². The van der Waals surface area contributed by atoms with E-state index in [0.717, 1.165) is 29.7 Å². The molecular weight excluding hydrogens is 190 g/mol. The largest absolute Gasteiger partial charge is 0.501 e. The number of hydrogen-bond acceptors (Lipinski definition) is 3. The standard InChI is InChI=1S/C12H13NO2/c1-2-15-8-9-5-6-11-10(12(9)14)4-3-7-13-11/h3-4,7-8H,2,5-6H2,1H3/b9-8-. The molecule has 3 nitrogen and oxygen atoms in total. The number of Topliss-reactive ketones (excluding diaryl/α,β-unsaturated/α-hetero) is 1. The lowest BCUT2D eigenvalue weighted by atomic mass is 9.91. The molecule has 0 bridgehead atoms. The zero-order chi connectivity index (χ0) is 10.7. The Labute approximate surface area is 88.8 Å². The fourth-order valence-corrected chi connectivity index (χ4v) is 1.68. The quantitative estimate of drug-likeness (QED) is 0.546. The van der Waals surface area contributed by atoms with Gasteiger partial charge in [0.15, 0.2) is 5.78 Å². The third kappa shape index (κ3) is 1.91. The summed E-state index contributed by atoms with van der Waals surface area (Å²) in [5.41, 5.74) is 2.36. The van der Waals surface area contributed by atoms with Crippen molar-refractivity contribution in [2.24, 2.45) is 0 Å². The molecule has 78 valence electrons. The smallest absolute Gasteiger partial charge is 0.193 e. The molecule has 0 saturated carbocycles. The Morgan fingerprint density at radius 1 is 1.53 bits per heavy atom. The predicted molar refractivity (Wildman–Crippen MR) is 56.6 cm³/mol. The zero-order valence-corrected chi connectivity index (χ0v) is 8.69. The molecule has 0 amide bonds. The van der Waals surface area contributed by atoms with E-state index in [1.165, 1.54) is 0 Å². The van der Waals surface area contributed by atoms with Crippen molar-refractivity contribution in [2.75, 3.05) is 6.61 Å². The van der Waals surface area contributed by atoms with Crippen LogP contribution in [0.3, 0.4) is 0 Å². The predicted octanol–water partition coefficient (Wildman–Crippen LogP) is 2.13. The van der Waals surface area contributed by atoms with Crippen molar-refractivity contribution in [2.45, 2.75) is 19.8 Å². The Morgan fingerprint density at radius 3 is 3.20 bits per heavy atom. The summed E-state index contributed by atoms with van der Waals surface area (Å²) >= 11 is 0. The molecule has 0 spiro atoms. The van der Waals surface area contributed by atoms with Crippen LogP contribution in [0.5, 0.6) is 0 Å². The van der Waals surface area contributed by atoms with Gasteiger partial charge in [0.25, 0.3) is 0 Å². The summed E-state index contributed by atoms with van der Waals surface area (Å²) in [4.78, 5) is 16.1. The molecule has 1 heterocycles. The molecule has 0 N–H and O–H groups in total. The first-order valence-corrected chi connectivity index (χ1v) is 5.12. The lowest BCUT2D eigenvalue weighted by Crippen LogP contribution is -2.15. The highest BCUT2D eigenvalue weighted by molar-refractivity contribution is 6.10. The fraction of sp³-hybridized carbons (Fsp3) is 0.333. The molecule has 0 atom stereocenters. The first-order valence-electron chi connectivity index (χ1n) is 5.12. The van der Waals surface area contributed by atoms with Gasteiger partial charge < -0.3 is 4.74 Å². The van der Waals surface area contributed by atoms with Crippen molar-refractivity contribution in [3.05, 3.63) is 41.4 Å². The number of nitrogens with zero attached hydrogens (tertiary/aromatic N) is 1. The number of allylic oxidation sites excluding steroid dienone is 1. The van der Waals surface area contributed by atoms with Gasteiger partial charge in [-0.05, 0) is 31.9 Å². The molecule has 0 aromatic carbocycles. The molecule has 0 aliphatic heterocycles. The number of ketones is 1. The maximum Gasteiger partial charge on any atom is 0.193 e. The normalized spacial score (nSPS) is 17.7. The SMILES string of the molecule is CCO/C=C1/CCc2ncccc2C1=O. The highest BCUT2D eigenvalue weighted by Crippen LogP contribution is 2.23. The van der Waals surface area contributed by atoms with Gasteiger partial charge in [0.1, 0.15) is 0 Å². The molecule has 0 radical (unpaired) electrons. The fourth-order valence-electron chi connectivity index (χ4n) is 1.68. The van der Waals surface area contributed by atoms with Crippen molar-refractivity contribution >= 4 is 5.78 Å². The van der Waals surface area contributed by atoms with Gasteiger partial charge in [0.05, 0.1) is 18.6 Å². The third-order valence-corrected chi connectivity index (χ3v) is 2.45. The monoisotopic (exact) mass is 203 g/mol. The number of pyridine rings is 1. The average molecular weight is 203 g/mol. The van der Waals surface area contributed by atoms with E-state index in [2.05, 4.69) is 4.98 Å². The van der Waals surface area contributed by atoms with Crippen LogP contribution >= 0.6 is 0 Å². The van der Waals surface area contributed by atoms with Crippen LogP contribution in [0.25, 0.3) is 0 Å². The van der Waals surface area contributed by atoms with Gasteiger partial charge in [-0.2, -0.15) is 0 Å². The Kier molecular flexibility index (Phi) is 2.81. The summed E-state index contributed by atoms with van der Waals surface area (Å²) in [5.74, 6) is 0.0535. The summed E-state index contributed by atoms with van der Waals surface area (Å²) in [6, 6.07) is 3.62. The number of carbonyl (C=O) groups excluding carboxylic acids is 1. The first-order chi connectivity index (χ1) is 7.33. The number of fused-ring (bicyclic) bond motifs is 1. The second kappa shape index (κ2) is 4.26. The molecule has 1 aliphatic carbocycles. The van der Waals surface area contributed by atoms with Crippen LogP contribution in [0, 0.1) is 0 Å². The van der Waals surface area contributed by atoms with Gasteiger partial charge in [-0.3, -0.25) is 9.78 Å². The Morgan fingerprint density at radius 2 is 2.40 bits per heavy atom. The van der Waals surface area contributed by atoms with E-state index < -0.39 is 0 Å². The minimum atomic E-state index is 0.0535. The number of hydrogen-bond donors (Lipinski definition) is 0. The third-order valence-electron chi connectivity index (χ3n) is 2.45. The summed E-state index contributed by atoms with van der Waals surface area (Å²) in [5, 5.41) is 0. The molecule has 0 unspecified atom stereocenters. The highest BCUT2D eigenvalue weighted by atomic mass is 16.5. The Hall–Kier alpha value is -1.64. The Balaban J connectivity index is 2.30. The summed E-state index contributed by atoms with van der Waals surface area (Å²) in [6.45, 7) is 2.50.